The average molecular weight is 503 g/mol. The van der Waals surface area contributed by atoms with Crippen LogP contribution in [0.5, 0.6) is 5.88 Å². The summed E-state index contributed by atoms with van der Waals surface area (Å²) in [6, 6.07) is 15.4. The van der Waals surface area contributed by atoms with Gasteiger partial charge in [-0.2, -0.15) is 5.10 Å². The summed E-state index contributed by atoms with van der Waals surface area (Å²) in [7, 11) is 0. The van der Waals surface area contributed by atoms with Crippen LogP contribution in [0.3, 0.4) is 0 Å². The first kappa shape index (κ1) is 24.9. The molecule has 1 fully saturated rings. The summed E-state index contributed by atoms with van der Waals surface area (Å²) in [4.78, 5) is 17.5. The van der Waals surface area contributed by atoms with Gasteiger partial charge in [0.05, 0.1) is 17.2 Å². The zero-order valence-corrected chi connectivity index (χ0v) is 21.0. The number of hydrogen-bond donors (Lipinski definition) is 3. The average Bonchev–Trinajstić information content (AvgIpc) is 3.28. The Bertz CT molecular complexity index is 1420. The highest BCUT2D eigenvalue weighted by atomic mass is 19.1. The van der Waals surface area contributed by atoms with Crippen LogP contribution in [0, 0.1) is 5.82 Å². The maximum Gasteiger partial charge on any atom is 0.251 e. The van der Waals surface area contributed by atoms with Gasteiger partial charge in [-0.05, 0) is 75.4 Å². The van der Waals surface area contributed by atoms with Gasteiger partial charge in [-0.25, -0.2) is 9.37 Å². The van der Waals surface area contributed by atoms with Crippen LogP contribution in [0.2, 0.25) is 0 Å². The lowest BCUT2D eigenvalue weighted by Crippen LogP contribution is -2.46. The van der Waals surface area contributed by atoms with Crippen molar-refractivity contribution in [1.82, 2.24) is 20.5 Å². The number of amides is 1. The summed E-state index contributed by atoms with van der Waals surface area (Å²) in [5.41, 5.74) is 2.29. The Labute approximate surface area is 215 Å². The number of carbonyl (C=O) groups is 1. The lowest BCUT2D eigenvalue weighted by molar-refractivity contribution is -0.00685. The number of halogens is 1. The van der Waals surface area contributed by atoms with Gasteiger partial charge >= 0.3 is 0 Å². The van der Waals surface area contributed by atoms with E-state index in [1.807, 2.05) is 38.1 Å². The SMILES string of the molecule is CC(C)Oc1cc(-c2n[nH]c3ccc(C(=O)N[C@@H]4CCC[C@](O)(Cc5ccccc5F)C4)cc23)ccn1. The quantitative estimate of drug-likeness (QED) is 0.323. The first-order valence-electron chi connectivity index (χ1n) is 12.7. The van der Waals surface area contributed by atoms with Crippen molar-refractivity contribution in [3.05, 3.63) is 77.7 Å². The number of carbonyl (C=O) groups excluding carboxylic acids is 1. The molecule has 0 aliphatic heterocycles. The number of H-pyrrole nitrogens is 1. The van der Waals surface area contributed by atoms with Gasteiger partial charge in [0.2, 0.25) is 5.88 Å². The Kier molecular flexibility index (Phi) is 6.93. The van der Waals surface area contributed by atoms with Crippen molar-refractivity contribution >= 4 is 16.8 Å². The molecule has 2 aromatic carbocycles. The van der Waals surface area contributed by atoms with E-state index in [2.05, 4.69) is 20.5 Å². The monoisotopic (exact) mass is 502 g/mol. The first-order valence-corrected chi connectivity index (χ1v) is 12.7. The molecule has 4 aromatic rings. The molecule has 0 spiro atoms. The van der Waals surface area contributed by atoms with Gasteiger partial charge in [0.15, 0.2) is 0 Å². The van der Waals surface area contributed by atoms with Crippen molar-refractivity contribution in [2.75, 3.05) is 0 Å². The largest absolute Gasteiger partial charge is 0.475 e. The highest BCUT2D eigenvalue weighted by molar-refractivity contribution is 6.01. The fraction of sp³-hybridized carbons (Fsp3) is 0.345. The molecule has 192 valence electrons. The minimum Gasteiger partial charge on any atom is -0.475 e. The van der Waals surface area contributed by atoms with Gasteiger partial charge in [-0.3, -0.25) is 9.89 Å². The van der Waals surface area contributed by atoms with E-state index >= 15 is 0 Å². The van der Waals surface area contributed by atoms with Crippen LogP contribution in [0.25, 0.3) is 22.2 Å². The molecular formula is C29H31FN4O3. The highest BCUT2D eigenvalue weighted by Crippen LogP contribution is 2.33. The van der Waals surface area contributed by atoms with Crippen LogP contribution in [0.4, 0.5) is 4.39 Å². The number of pyridine rings is 1. The predicted octanol–water partition coefficient (Wildman–Crippen LogP) is 5.20. The molecule has 1 aliphatic carbocycles. The summed E-state index contributed by atoms with van der Waals surface area (Å²) in [5.74, 6) is -0.0196. The Balaban J connectivity index is 1.33. The van der Waals surface area contributed by atoms with E-state index < -0.39 is 5.60 Å². The van der Waals surface area contributed by atoms with Crippen molar-refractivity contribution in [3.63, 3.8) is 0 Å². The molecule has 1 amide bonds. The maximum absolute atomic E-state index is 14.2. The van der Waals surface area contributed by atoms with Crippen LogP contribution < -0.4 is 10.1 Å². The van der Waals surface area contributed by atoms with Crippen LogP contribution in [-0.4, -0.2) is 43.9 Å². The Hall–Kier alpha value is -3.78. The molecule has 1 aliphatic rings. The molecule has 7 nitrogen and oxygen atoms in total. The van der Waals surface area contributed by atoms with E-state index in [1.54, 1.807) is 30.5 Å². The zero-order chi connectivity index (χ0) is 26.0. The predicted molar refractivity (Wildman–Crippen MR) is 140 cm³/mol. The second-order valence-corrected chi connectivity index (χ2v) is 10.1. The standard InChI is InChI=1S/C29H31FN4O3/c1-18(2)37-26-15-19(11-13-31-26)27-23-14-20(9-10-25(23)33-34-27)28(35)32-22-7-5-12-29(36,17-22)16-21-6-3-4-8-24(21)30/h3-4,6,8-11,13-15,18,22,36H,5,7,12,16-17H2,1-2H3,(H,32,35)(H,33,34)/t22-,29+/m1/s1. The zero-order valence-electron chi connectivity index (χ0n) is 21.0. The minimum atomic E-state index is -1.06. The normalized spacial score (nSPS) is 19.8. The van der Waals surface area contributed by atoms with Gasteiger partial charge in [0.25, 0.3) is 5.91 Å². The second kappa shape index (κ2) is 10.3. The third-order valence-electron chi connectivity index (χ3n) is 6.82. The molecule has 0 radical (unpaired) electrons. The first-order chi connectivity index (χ1) is 17.8. The fourth-order valence-electron chi connectivity index (χ4n) is 5.13. The lowest BCUT2D eigenvalue weighted by atomic mass is 9.78. The van der Waals surface area contributed by atoms with Crippen molar-refractivity contribution in [3.8, 4) is 17.1 Å². The Morgan fingerprint density at radius 2 is 2.08 bits per heavy atom. The van der Waals surface area contributed by atoms with Gasteiger partial charge in [0.1, 0.15) is 11.5 Å². The number of nitrogens with zero attached hydrogens (tertiary/aromatic N) is 2. The molecule has 5 rings (SSSR count). The van der Waals surface area contributed by atoms with Crippen molar-refractivity contribution < 1.29 is 19.0 Å². The fourth-order valence-corrected chi connectivity index (χ4v) is 5.13. The molecule has 1 saturated carbocycles. The summed E-state index contributed by atoms with van der Waals surface area (Å²) in [6.07, 6.45) is 4.37. The molecule has 0 bridgehead atoms. The van der Waals surface area contributed by atoms with Gasteiger partial charge in [0, 0.05) is 41.2 Å². The molecule has 2 atom stereocenters. The maximum atomic E-state index is 14.2. The third-order valence-corrected chi connectivity index (χ3v) is 6.82. The molecule has 8 heteroatoms. The van der Waals surface area contributed by atoms with Gasteiger partial charge in [-0.1, -0.05) is 18.2 Å². The van der Waals surface area contributed by atoms with Crippen LogP contribution >= 0.6 is 0 Å². The molecule has 3 N–H and O–H groups in total. The van der Waals surface area contributed by atoms with Crippen LogP contribution in [0.15, 0.2) is 60.8 Å². The molecule has 0 saturated heterocycles. The summed E-state index contributed by atoms with van der Waals surface area (Å²) in [6.45, 7) is 3.88. The Morgan fingerprint density at radius 3 is 2.89 bits per heavy atom. The van der Waals surface area contributed by atoms with E-state index in [0.29, 0.717) is 35.5 Å². The van der Waals surface area contributed by atoms with Crippen LogP contribution in [-0.2, 0) is 6.42 Å². The number of rotatable bonds is 7. The third kappa shape index (κ3) is 5.64. The highest BCUT2D eigenvalue weighted by Gasteiger charge is 2.35. The summed E-state index contributed by atoms with van der Waals surface area (Å²) >= 11 is 0. The number of aromatic nitrogens is 3. The van der Waals surface area contributed by atoms with Crippen molar-refractivity contribution in [2.45, 2.75) is 63.7 Å². The molecule has 2 aromatic heterocycles. The van der Waals surface area contributed by atoms with Crippen molar-refractivity contribution in [2.24, 2.45) is 0 Å². The Morgan fingerprint density at radius 1 is 1.24 bits per heavy atom. The van der Waals surface area contributed by atoms with E-state index in [0.717, 1.165) is 29.3 Å². The minimum absolute atomic E-state index is 0.00172. The van der Waals surface area contributed by atoms with E-state index in [1.165, 1.54) is 6.07 Å². The topological polar surface area (TPSA) is 100 Å². The van der Waals surface area contributed by atoms with E-state index in [4.69, 9.17) is 4.74 Å². The lowest BCUT2D eigenvalue weighted by Gasteiger charge is -2.37. The van der Waals surface area contributed by atoms with E-state index in [-0.39, 0.29) is 30.3 Å². The number of aliphatic hydroxyl groups is 1. The smallest absolute Gasteiger partial charge is 0.251 e. The number of nitrogens with one attached hydrogen (secondary N) is 2. The number of hydrogen-bond acceptors (Lipinski definition) is 5. The number of aromatic amines is 1. The second-order valence-electron chi connectivity index (χ2n) is 10.1. The summed E-state index contributed by atoms with van der Waals surface area (Å²) < 4.78 is 19.9. The molecular weight excluding hydrogens is 471 g/mol. The van der Waals surface area contributed by atoms with Gasteiger partial charge in [-0.15, -0.1) is 0 Å². The summed E-state index contributed by atoms with van der Waals surface area (Å²) in [5, 5.41) is 22.6. The number of fused-ring (bicyclic) bond motifs is 1. The molecule has 37 heavy (non-hydrogen) atoms. The van der Waals surface area contributed by atoms with E-state index in [9.17, 15) is 14.3 Å². The van der Waals surface area contributed by atoms with Crippen LogP contribution in [0.1, 0.15) is 55.5 Å². The van der Waals surface area contributed by atoms with Gasteiger partial charge < -0.3 is 15.2 Å². The number of ether oxygens (including phenoxy) is 1. The van der Waals surface area contributed by atoms with Crippen molar-refractivity contribution in [1.29, 1.82) is 0 Å². The molecule has 2 heterocycles. The number of benzene rings is 2. The molecule has 0 unspecified atom stereocenters.